The van der Waals surface area contributed by atoms with Gasteiger partial charge in [0.15, 0.2) is 5.96 Å². The fourth-order valence-electron chi connectivity index (χ4n) is 2.92. The predicted molar refractivity (Wildman–Crippen MR) is 129 cm³/mol. The van der Waals surface area contributed by atoms with E-state index in [1.54, 1.807) is 26.0 Å². The van der Waals surface area contributed by atoms with E-state index in [9.17, 15) is 4.79 Å². The van der Waals surface area contributed by atoms with Crippen molar-refractivity contribution in [2.45, 2.75) is 13.1 Å². The number of nitrogens with one attached hydrogen (secondary N) is 2. The summed E-state index contributed by atoms with van der Waals surface area (Å²) in [6.07, 6.45) is 1.81. The number of carbonyl (C=O) groups excluding carboxylic acids is 1. The molecule has 0 unspecified atom stereocenters. The summed E-state index contributed by atoms with van der Waals surface area (Å²) >= 11 is 0. The lowest BCUT2D eigenvalue weighted by Crippen LogP contribution is -2.36. The van der Waals surface area contributed by atoms with E-state index in [0.717, 1.165) is 22.0 Å². The summed E-state index contributed by atoms with van der Waals surface area (Å²) in [5.41, 5.74) is 3.87. The molecule has 1 aromatic heterocycles. The molecule has 1 amide bonds. The zero-order valence-electron chi connectivity index (χ0n) is 16.8. The van der Waals surface area contributed by atoms with Crippen LogP contribution in [0, 0.1) is 0 Å². The van der Waals surface area contributed by atoms with Gasteiger partial charge in [0, 0.05) is 51.4 Å². The Labute approximate surface area is 188 Å². The predicted octanol–water partition coefficient (Wildman–Crippen LogP) is 3.42. The lowest BCUT2D eigenvalue weighted by atomic mass is 10.1. The van der Waals surface area contributed by atoms with Gasteiger partial charge in [-0.1, -0.05) is 36.4 Å². The molecule has 29 heavy (non-hydrogen) atoms. The van der Waals surface area contributed by atoms with Gasteiger partial charge in [-0.05, 0) is 29.3 Å². The smallest absolute Gasteiger partial charge is 0.253 e. The normalized spacial score (nSPS) is 10.9. The first-order chi connectivity index (χ1) is 13.6. The molecule has 0 atom stereocenters. The van der Waals surface area contributed by atoms with Crippen molar-refractivity contribution in [1.82, 2.24) is 20.5 Å². The number of amides is 1. The Balaban J connectivity index is 0.00000300. The summed E-state index contributed by atoms with van der Waals surface area (Å²) in [5, 5.41) is 7.75. The second-order valence-corrected chi connectivity index (χ2v) is 6.67. The molecule has 2 aromatic carbocycles. The van der Waals surface area contributed by atoms with Crippen LogP contribution in [0.5, 0.6) is 0 Å². The molecule has 0 radical (unpaired) electrons. The lowest BCUT2D eigenvalue weighted by molar-refractivity contribution is 0.0827. The number of guanidine groups is 1. The molecule has 0 saturated heterocycles. The van der Waals surface area contributed by atoms with Crippen LogP contribution in [0.1, 0.15) is 21.5 Å². The van der Waals surface area contributed by atoms with Crippen LogP contribution in [0.3, 0.4) is 0 Å². The number of nitrogens with zero attached hydrogens (tertiary/aromatic N) is 3. The number of hydrogen-bond donors (Lipinski definition) is 2. The van der Waals surface area contributed by atoms with Gasteiger partial charge < -0.3 is 15.5 Å². The number of rotatable bonds is 5. The number of carbonyl (C=O) groups is 1. The molecule has 0 bridgehead atoms. The monoisotopic (exact) mass is 503 g/mol. The van der Waals surface area contributed by atoms with Gasteiger partial charge in [-0.3, -0.25) is 14.8 Å². The largest absolute Gasteiger partial charge is 0.352 e. The first-order valence-electron chi connectivity index (χ1n) is 9.16. The summed E-state index contributed by atoms with van der Waals surface area (Å²) < 4.78 is 0. The maximum absolute atomic E-state index is 12.0. The van der Waals surface area contributed by atoms with E-state index in [2.05, 4.69) is 38.8 Å². The van der Waals surface area contributed by atoms with Crippen LogP contribution < -0.4 is 10.6 Å². The number of halogens is 1. The third-order valence-electron chi connectivity index (χ3n) is 4.45. The van der Waals surface area contributed by atoms with Gasteiger partial charge in [0.05, 0.1) is 5.52 Å². The van der Waals surface area contributed by atoms with Crippen molar-refractivity contribution >= 4 is 46.7 Å². The first kappa shape index (κ1) is 22.6. The van der Waals surface area contributed by atoms with Crippen molar-refractivity contribution in [2.75, 3.05) is 21.1 Å². The molecule has 0 aliphatic heterocycles. The molecular formula is C22H26IN5O. The van der Waals surface area contributed by atoms with Crippen LogP contribution in [0.25, 0.3) is 10.9 Å². The average Bonchev–Trinajstić information content (AvgIpc) is 2.73. The molecule has 6 nitrogen and oxygen atoms in total. The van der Waals surface area contributed by atoms with Gasteiger partial charge in [-0.15, -0.1) is 24.0 Å². The molecule has 7 heteroatoms. The maximum atomic E-state index is 12.0. The molecule has 2 N–H and O–H groups in total. The minimum absolute atomic E-state index is 0. The van der Waals surface area contributed by atoms with Crippen LogP contribution in [0.4, 0.5) is 0 Å². The highest BCUT2D eigenvalue weighted by Crippen LogP contribution is 2.15. The molecule has 0 aliphatic rings. The van der Waals surface area contributed by atoms with Crippen LogP contribution in [-0.2, 0) is 13.1 Å². The van der Waals surface area contributed by atoms with E-state index < -0.39 is 0 Å². The number of hydrogen-bond acceptors (Lipinski definition) is 3. The molecule has 0 spiro atoms. The van der Waals surface area contributed by atoms with E-state index >= 15 is 0 Å². The third-order valence-corrected chi connectivity index (χ3v) is 4.45. The van der Waals surface area contributed by atoms with Crippen molar-refractivity contribution < 1.29 is 4.79 Å². The number of pyridine rings is 1. The summed E-state index contributed by atoms with van der Waals surface area (Å²) in [6.45, 7) is 1.24. The van der Waals surface area contributed by atoms with Gasteiger partial charge in [0.25, 0.3) is 5.91 Å². The third kappa shape index (κ3) is 5.90. The van der Waals surface area contributed by atoms with Crippen LogP contribution in [0.2, 0.25) is 0 Å². The van der Waals surface area contributed by atoms with E-state index in [4.69, 9.17) is 0 Å². The first-order valence-corrected chi connectivity index (χ1v) is 9.16. The van der Waals surface area contributed by atoms with E-state index in [0.29, 0.717) is 24.6 Å². The fourth-order valence-corrected chi connectivity index (χ4v) is 2.92. The highest BCUT2D eigenvalue weighted by Gasteiger charge is 2.07. The van der Waals surface area contributed by atoms with Gasteiger partial charge >= 0.3 is 0 Å². The Bertz CT molecular complexity index is 981. The average molecular weight is 503 g/mol. The van der Waals surface area contributed by atoms with Crippen molar-refractivity contribution in [3.05, 3.63) is 77.5 Å². The molecule has 152 valence electrons. The highest BCUT2D eigenvalue weighted by atomic mass is 127. The fraction of sp³-hybridized carbons (Fsp3) is 0.227. The van der Waals surface area contributed by atoms with Gasteiger partial charge in [0.2, 0.25) is 0 Å². The van der Waals surface area contributed by atoms with Crippen LogP contribution in [-0.4, -0.2) is 42.9 Å². The summed E-state index contributed by atoms with van der Waals surface area (Å²) in [6, 6.07) is 17.8. The molecule has 3 aromatic rings. The minimum Gasteiger partial charge on any atom is -0.352 e. The van der Waals surface area contributed by atoms with E-state index in [1.165, 1.54) is 0 Å². The minimum atomic E-state index is 0. The number of fused-ring (bicyclic) bond motifs is 1. The second-order valence-electron chi connectivity index (χ2n) is 6.67. The summed E-state index contributed by atoms with van der Waals surface area (Å²) in [5.74, 6) is 0.710. The summed E-state index contributed by atoms with van der Waals surface area (Å²) in [4.78, 5) is 22.3. The van der Waals surface area contributed by atoms with Crippen molar-refractivity contribution in [1.29, 1.82) is 0 Å². The molecule has 0 saturated carbocycles. The van der Waals surface area contributed by atoms with Crippen LogP contribution in [0.15, 0.2) is 65.8 Å². The van der Waals surface area contributed by atoms with Crippen molar-refractivity contribution in [3.8, 4) is 0 Å². The number of aromatic nitrogens is 1. The van der Waals surface area contributed by atoms with Crippen LogP contribution >= 0.6 is 24.0 Å². The number of aliphatic imine (C=N–C) groups is 1. The Morgan fingerprint density at radius 2 is 1.69 bits per heavy atom. The van der Waals surface area contributed by atoms with Gasteiger partial charge in [-0.25, -0.2) is 0 Å². The number of para-hydroxylation sites is 1. The van der Waals surface area contributed by atoms with Gasteiger partial charge in [0.1, 0.15) is 0 Å². The Morgan fingerprint density at radius 1 is 1.00 bits per heavy atom. The lowest BCUT2D eigenvalue weighted by Gasteiger charge is -2.14. The molecule has 3 rings (SSSR count). The SMILES string of the molecule is CN=C(NCc1ccc(C(=O)N(C)C)cc1)NCc1cccc2cccnc12.I. The molecule has 1 heterocycles. The second kappa shape index (κ2) is 10.8. The number of benzene rings is 2. The Morgan fingerprint density at radius 3 is 2.38 bits per heavy atom. The van der Waals surface area contributed by atoms with E-state index in [-0.39, 0.29) is 29.9 Å². The van der Waals surface area contributed by atoms with E-state index in [1.807, 2.05) is 42.6 Å². The van der Waals surface area contributed by atoms with Crippen molar-refractivity contribution in [2.24, 2.45) is 4.99 Å². The molecule has 0 fully saturated rings. The molecular weight excluding hydrogens is 477 g/mol. The zero-order chi connectivity index (χ0) is 19.9. The topological polar surface area (TPSA) is 69.6 Å². The van der Waals surface area contributed by atoms with Gasteiger partial charge in [-0.2, -0.15) is 0 Å². The highest BCUT2D eigenvalue weighted by molar-refractivity contribution is 14.0. The molecule has 0 aliphatic carbocycles. The van der Waals surface area contributed by atoms with Crippen molar-refractivity contribution in [3.63, 3.8) is 0 Å². The standard InChI is InChI=1S/C22H25N5O.HI/c1-23-22(25-14-16-9-11-18(12-10-16)21(28)27(2)3)26-15-19-7-4-6-17-8-5-13-24-20(17)19;/h4-13H,14-15H2,1-3H3,(H2,23,25,26);1H. The Kier molecular flexibility index (Phi) is 8.38. The summed E-state index contributed by atoms with van der Waals surface area (Å²) in [7, 11) is 5.24. The maximum Gasteiger partial charge on any atom is 0.253 e. The Hall–Kier alpha value is -2.68. The quantitative estimate of drug-likeness (QED) is 0.318. The zero-order valence-corrected chi connectivity index (χ0v) is 19.2.